The fourth-order valence-corrected chi connectivity index (χ4v) is 2.26. The molecule has 0 aliphatic rings. The van der Waals surface area contributed by atoms with E-state index in [2.05, 4.69) is 21.2 Å². The SMILES string of the molecule is C[C@H](Oc1ccc(F)cc1Br)C(=O)Nc1cccc(Cl)c1. The van der Waals surface area contributed by atoms with Crippen LogP contribution in [0.5, 0.6) is 5.75 Å². The summed E-state index contributed by atoms with van der Waals surface area (Å²) in [6.07, 6.45) is -0.745. The highest BCUT2D eigenvalue weighted by atomic mass is 79.9. The van der Waals surface area contributed by atoms with Gasteiger partial charge in [-0.1, -0.05) is 17.7 Å². The minimum atomic E-state index is -0.745. The molecule has 2 aromatic rings. The van der Waals surface area contributed by atoms with Crippen LogP contribution >= 0.6 is 27.5 Å². The van der Waals surface area contributed by atoms with Gasteiger partial charge in [-0.25, -0.2) is 4.39 Å². The van der Waals surface area contributed by atoms with Crippen LogP contribution in [-0.4, -0.2) is 12.0 Å². The van der Waals surface area contributed by atoms with Gasteiger partial charge in [-0.2, -0.15) is 0 Å². The third kappa shape index (κ3) is 4.44. The molecule has 1 N–H and O–H groups in total. The third-order valence-corrected chi connectivity index (χ3v) is 3.51. The first-order chi connectivity index (χ1) is 9.95. The van der Waals surface area contributed by atoms with Crippen molar-refractivity contribution in [3.8, 4) is 5.75 Å². The van der Waals surface area contributed by atoms with Crippen molar-refractivity contribution in [2.45, 2.75) is 13.0 Å². The van der Waals surface area contributed by atoms with Crippen molar-refractivity contribution in [3.05, 3.63) is 57.8 Å². The van der Waals surface area contributed by atoms with Crippen LogP contribution in [0.15, 0.2) is 46.9 Å². The first-order valence-corrected chi connectivity index (χ1v) is 7.31. The number of hydrogen-bond acceptors (Lipinski definition) is 2. The molecule has 0 saturated carbocycles. The van der Waals surface area contributed by atoms with Gasteiger partial charge in [0, 0.05) is 10.7 Å². The lowest BCUT2D eigenvalue weighted by Crippen LogP contribution is -2.30. The Bertz CT molecular complexity index is 666. The maximum atomic E-state index is 13.0. The van der Waals surface area contributed by atoms with Gasteiger partial charge in [0.15, 0.2) is 6.10 Å². The van der Waals surface area contributed by atoms with Crippen LogP contribution in [0.4, 0.5) is 10.1 Å². The number of anilines is 1. The van der Waals surface area contributed by atoms with Crippen LogP contribution in [-0.2, 0) is 4.79 Å². The highest BCUT2D eigenvalue weighted by molar-refractivity contribution is 9.10. The molecule has 0 heterocycles. The molecular formula is C15H12BrClFNO2. The van der Waals surface area contributed by atoms with Crippen molar-refractivity contribution in [1.29, 1.82) is 0 Å². The zero-order valence-corrected chi connectivity index (χ0v) is 13.4. The molecule has 1 amide bonds. The van der Waals surface area contributed by atoms with E-state index in [4.69, 9.17) is 16.3 Å². The number of amides is 1. The van der Waals surface area contributed by atoms with Crippen molar-refractivity contribution in [2.75, 3.05) is 5.32 Å². The van der Waals surface area contributed by atoms with E-state index in [1.165, 1.54) is 18.2 Å². The molecule has 0 aliphatic heterocycles. The fraction of sp³-hybridized carbons (Fsp3) is 0.133. The van der Waals surface area contributed by atoms with Crippen LogP contribution < -0.4 is 10.1 Å². The molecule has 0 spiro atoms. The van der Waals surface area contributed by atoms with E-state index in [1.807, 2.05) is 0 Å². The van der Waals surface area contributed by atoms with Gasteiger partial charge in [-0.3, -0.25) is 4.79 Å². The van der Waals surface area contributed by atoms with Crippen molar-refractivity contribution in [2.24, 2.45) is 0 Å². The molecule has 2 rings (SSSR count). The smallest absolute Gasteiger partial charge is 0.265 e. The Labute approximate surface area is 135 Å². The first kappa shape index (κ1) is 15.8. The number of benzene rings is 2. The van der Waals surface area contributed by atoms with Gasteiger partial charge >= 0.3 is 0 Å². The highest BCUT2D eigenvalue weighted by Crippen LogP contribution is 2.26. The first-order valence-electron chi connectivity index (χ1n) is 6.14. The van der Waals surface area contributed by atoms with Gasteiger partial charge in [0.05, 0.1) is 4.47 Å². The van der Waals surface area contributed by atoms with E-state index in [0.29, 0.717) is 20.9 Å². The molecule has 0 aliphatic carbocycles. The molecular weight excluding hydrogens is 361 g/mol. The van der Waals surface area contributed by atoms with E-state index < -0.39 is 6.10 Å². The van der Waals surface area contributed by atoms with Crippen LogP contribution in [0, 0.1) is 5.82 Å². The fourth-order valence-electron chi connectivity index (χ4n) is 1.62. The summed E-state index contributed by atoms with van der Waals surface area (Å²) >= 11 is 9.04. The van der Waals surface area contributed by atoms with Crippen LogP contribution in [0.3, 0.4) is 0 Å². The Balaban J connectivity index is 2.02. The number of hydrogen-bond donors (Lipinski definition) is 1. The van der Waals surface area contributed by atoms with Crippen molar-refractivity contribution >= 4 is 39.1 Å². The number of carbonyl (C=O) groups is 1. The average molecular weight is 373 g/mol. The van der Waals surface area contributed by atoms with Gasteiger partial charge in [0.1, 0.15) is 11.6 Å². The van der Waals surface area contributed by atoms with E-state index in [0.717, 1.165) is 0 Å². The molecule has 0 bridgehead atoms. The number of rotatable bonds is 4. The van der Waals surface area contributed by atoms with Gasteiger partial charge in [0.2, 0.25) is 0 Å². The van der Waals surface area contributed by atoms with Crippen molar-refractivity contribution in [3.63, 3.8) is 0 Å². The summed E-state index contributed by atoms with van der Waals surface area (Å²) in [5.74, 6) is -0.316. The molecule has 110 valence electrons. The summed E-state index contributed by atoms with van der Waals surface area (Å²) in [7, 11) is 0. The second-order valence-corrected chi connectivity index (χ2v) is 5.63. The Morgan fingerprint density at radius 2 is 2.10 bits per heavy atom. The van der Waals surface area contributed by atoms with Gasteiger partial charge in [0.25, 0.3) is 5.91 Å². The maximum Gasteiger partial charge on any atom is 0.265 e. The summed E-state index contributed by atoms with van der Waals surface area (Å²) in [6.45, 7) is 1.61. The zero-order valence-electron chi connectivity index (χ0n) is 11.1. The van der Waals surface area contributed by atoms with Crippen molar-refractivity contribution in [1.82, 2.24) is 0 Å². The molecule has 6 heteroatoms. The molecule has 1 atom stereocenters. The quantitative estimate of drug-likeness (QED) is 0.848. The van der Waals surface area contributed by atoms with Crippen LogP contribution in [0.1, 0.15) is 6.92 Å². The van der Waals surface area contributed by atoms with E-state index in [-0.39, 0.29) is 11.7 Å². The topological polar surface area (TPSA) is 38.3 Å². The molecule has 0 unspecified atom stereocenters. The molecule has 2 aromatic carbocycles. The molecule has 0 aromatic heterocycles. The largest absolute Gasteiger partial charge is 0.480 e. The maximum absolute atomic E-state index is 13.0. The summed E-state index contributed by atoms with van der Waals surface area (Å²) in [5, 5.41) is 3.23. The van der Waals surface area contributed by atoms with E-state index >= 15 is 0 Å². The van der Waals surface area contributed by atoms with E-state index in [1.54, 1.807) is 31.2 Å². The number of nitrogens with one attached hydrogen (secondary N) is 1. The predicted molar refractivity (Wildman–Crippen MR) is 84.3 cm³/mol. The van der Waals surface area contributed by atoms with E-state index in [9.17, 15) is 9.18 Å². The molecule has 0 fully saturated rings. The van der Waals surface area contributed by atoms with Crippen LogP contribution in [0.2, 0.25) is 5.02 Å². The molecule has 0 radical (unpaired) electrons. The van der Waals surface area contributed by atoms with Gasteiger partial charge < -0.3 is 10.1 Å². The second-order valence-electron chi connectivity index (χ2n) is 4.33. The number of halogens is 3. The van der Waals surface area contributed by atoms with Crippen molar-refractivity contribution < 1.29 is 13.9 Å². The monoisotopic (exact) mass is 371 g/mol. The standard InChI is InChI=1S/C15H12BrClFNO2/c1-9(21-14-6-5-11(18)8-13(14)16)15(20)19-12-4-2-3-10(17)7-12/h2-9H,1H3,(H,19,20)/t9-/m0/s1. The molecule has 0 saturated heterocycles. The number of ether oxygens (including phenoxy) is 1. The number of carbonyl (C=O) groups excluding carboxylic acids is 1. The summed E-state index contributed by atoms with van der Waals surface area (Å²) in [4.78, 5) is 12.0. The Morgan fingerprint density at radius 1 is 1.33 bits per heavy atom. The summed E-state index contributed by atoms with van der Waals surface area (Å²) in [6, 6.07) is 10.8. The highest BCUT2D eigenvalue weighted by Gasteiger charge is 2.16. The summed E-state index contributed by atoms with van der Waals surface area (Å²) < 4.78 is 18.9. The lowest BCUT2D eigenvalue weighted by molar-refractivity contribution is -0.122. The minimum Gasteiger partial charge on any atom is -0.480 e. The Hall–Kier alpha value is -1.59. The van der Waals surface area contributed by atoms with Crippen LogP contribution in [0.25, 0.3) is 0 Å². The normalized spacial score (nSPS) is 11.8. The summed E-state index contributed by atoms with van der Waals surface area (Å²) in [5.41, 5.74) is 0.584. The van der Waals surface area contributed by atoms with Gasteiger partial charge in [-0.15, -0.1) is 0 Å². The predicted octanol–water partition coefficient (Wildman–Crippen LogP) is 4.65. The van der Waals surface area contributed by atoms with Gasteiger partial charge in [-0.05, 0) is 59.3 Å². The molecule has 3 nitrogen and oxygen atoms in total. The average Bonchev–Trinajstić information content (AvgIpc) is 2.41. The minimum absolute atomic E-state index is 0.325. The molecule has 21 heavy (non-hydrogen) atoms. The zero-order chi connectivity index (χ0) is 15.4. The lowest BCUT2D eigenvalue weighted by Gasteiger charge is -2.15. The second kappa shape index (κ2) is 6.91. The lowest BCUT2D eigenvalue weighted by atomic mass is 10.3. The third-order valence-electron chi connectivity index (χ3n) is 2.66. The Kier molecular flexibility index (Phi) is 5.20. The Morgan fingerprint density at radius 3 is 2.76 bits per heavy atom.